The van der Waals surface area contributed by atoms with E-state index >= 15 is 0 Å². The zero-order valence-electron chi connectivity index (χ0n) is 16.7. The average Bonchev–Trinajstić information content (AvgIpc) is 3.41. The average molecular weight is 464 g/mol. The normalized spacial score (nSPS) is 15.2. The Balaban J connectivity index is 1.46. The molecule has 3 aromatic rings. The SMILES string of the molecule is CN1CCC(n2cc(NC(=O)c3cc(C(=O)c4c(Cl)ccc(Cl)c4F)c[nH]3)cn2)CC1. The van der Waals surface area contributed by atoms with Crippen LogP contribution in [0.5, 0.6) is 0 Å². The van der Waals surface area contributed by atoms with E-state index in [1.807, 2.05) is 4.68 Å². The molecule has 2 aromatic heterocycles. The van der Waals surface area contributed by atoms with E-state index in [1.54, 1.807) is 12.4 Å². The summed E-state index contributed by atoms with van der Waals surface area (Å²) < 4.78 is 16.2. The van der Waals surface area contributed by atoms with Gasteiger partial charge in [-0.3, -0.25) is 14.3 Å². The van der Waals surface area contributed by atoms with Gasteiger partial charge in [0.2, 0.25) is 0 Å². The largest absolute Gasteiger partial charge is 0.356 e. The number of nitrogens with zero attached hydrogens (tertiary/aromatic N) is 3. The van der Waals surface area contributed by atoms with E-state index in [9.17, 15) is 14.0 Å². The van der Waals surface area contributed by atoms with Gasteiger partial charge in [-0.05, 0) is 51.2 Å². The van der Waals surface area contributed by atoms with E-state index in [4.69, 9.17) is 23.2 Å². The number of H-pyrrole nitrogens is 1. The Kier molecular flexibility index (Phi) is 6.13. The molecule has 0 spiro atoms. The van der Waals surface area contributed by atoms with Gasteiger partial charge in [-0.2, -0.15) is 5.10 Å². The fourth-order valence-corrected chi connectivity index (χ4v) is 3.99. The number of halogens is 3. The zero-order valence-corrected chi connectivity index (χ0v) is 18.2. The molecule has 0 bridgehead atoms. The zero-order chi connectivity index (χ0) is 22.1. The summed E-state index contributed by atoms with van der Waals surface area (Å²) in [6.07, 6.45) is 6.71. The number of aromatic amines is 1. The van der Waals surface area contributed by atoms with Crippen molar-refractivity contribution in [2.24, 2.45) is 0 Å². The lowest BCUT2D eigenvalue weighted by molar-refractivity contribution is 0.102. The highest BCUT2D eigenvalue weighted by Crippen LogP contribution is 2.28. The van der Waals surface area contributed by atoms with E-state index in [0.29, 0.717) is 11.7 Å². The Morgan fingerprint density at radius 3 is 2.68 bits per heavy atom. The van der Waals surface area contributed by atoms with E-state index in [0.717, 1.165) is 25.9 Å². The van der Waals surface area contributed by atoms with E-state index < -0.39 is 17.5 Å². The highest BCUT2D eigenvalue weighted by Gasteiger charge is 2.23. The van der Waals surface area contributed by atoms with Gasteiger partial charge < -0.3 is 15.2 Å². The second kappa shape index (κ2) is 8.82. The summed E-state index contributed by atoms with van der Waals surface area (Å²) in [5.74, 6) is -2.01. The Hall–Kier alpha value is -2.68. The Bertz CT molecular complexity index is 1130. The molecule has 10 heteroatoms. The molecule has 1 aromatic carbocycles. The molecule has 0 radical (unpaired) electrons. The number of carbonyl (C=O) groups excluding carboxylic acids is 2. The molecule has 162 valence electrons. The highest BCUT2D eigenvalue weighted by atomic mass is 35.5. The molecule has 1 aliphatic rings. The number of likely N-dealkylation sites (tertiary alicyclic amines) is 1. The topological polar surface area (TPSA) is 83.0 Å². The van der Waals surface area contributed by atoms with Crippen LogP contribution in [0.4, 0.5) is 10.1 Å². The summed E-state index contributed by atoms with van der Waals surface area (Å²) in [5.41, 5.74) is 0.457. The van der Waals surface area contributed by atoms with Crippen LogP contribution in [-0.4, -0.2) is 51.5 Å². The predicted octanol–water partition coefficient (Wildman–Crippen LogP) is 4.41. The van der Waals surface area contributed by atoms with Gasteiger partial charge in [0.1, 0.15) is 5.69 Å². The smallest absolute Gasteiger partial charge is 0.272 e. The minimum atomic E-state index is -0.896. The monoisotopic (exact) mass is 463 g/mol. The third kappa shape index (κ3) is 4.51. The number of piperidine rings is 1. The Labute approximate surface area is 188 Å². The first-order chi connectivity index (χ1) is 14.8. The molecule has 4 rings (SSSR count). The fraction of sp³-hybridized carbons (Fsp3) is 0.286. The summed E-state index contributed by atoms with van der Waals surface area (Å²) in [4.78, 5) is 30.3. The maximum atomic E-state index is 14.3. The third-order valence-corrected chi connectivity index (χ3v) is 5.99. The van der Waals surface area contributed by atoms with Crippen molar-refractivity contribution in [2.75, 3.05) is 25.5 Å². The molecule has 1 saturated heterocycles. The van der Waals surface area contributed by atoms with Crippen molar-refractivity contribution < 1.29 is 14.0 Å². The number of ketones is 1. The van der Waals surface area contributed by atoms with E-state index in [2.05, 4.69) is 27.3 Å². The van der Waals surface area contributed by atoms with Crippen molar-refractivity contribution in [1.82, 2.24) is 19.7 Å². The van der Waals surface area contributed by atoms with Gasteiger partial charge in [0, 0.05) is 18.0 Å². The van der Waals surface area contributed by atoms with Gasteiger partial charge in [-0.1, -0.05) is 23.2 Å². The number of anilines is 1. The van der Waals surface area contributed by atoms with Crippen molar-refractivity contribution in [3.8, 4) is 0 Å². The molecule has 0 atom stereocenters. The maximum absolute atomic E-state index is 14.3. The predicted molar refractivity (Wildman–Crippen MR) is 117 cm³/mol. The van der Waals surface area contributed by atoms with E-state index in [1.165, 1.54) is 24.4 Å². The van der Waals surface area contributed by atoms with Crippen molar-refractivity contribution in [3.05, 3.63) is 69.5 Å². The van der Waals surface area contributed by atoms with E-state index in [-0.39, 0.29) is 26.9 Å². The maximum Gasteiger partial charge on any atom is 0.272 e. The first-order valence-electron chi connectivity index (χ1n) is 9.74. The minimum Gasteiger partial charge on any atom is -0.356 e. The second-order valence-electron chi connectivity index (χ2n) is 7.55. The van der Waals surface area contributed by atoms with Crippen LogP contribution in [-0.2, 0) is 0 Å². The number of aromatic nitrogens is 3. The van der Waals surface area contributed by atoms with Gasteiger partial charge in [0.05, 0.1) is 33.5 Å². The van der Waals surface area contributed by atoms with Crippen molar-refractivity contribution in [1.29, 1.82) is 0 Å². The number of carbonyl (C=O) groups is 2. The van der Waals surface area contributed by atoms with Crippen LogP contribution in [0.2, 0.25) is 10.0 Å². The fourth-order valence-electron chi connectivity index (χ4n) is 3.60. The molecule has 3 heterocycles. The molecule has 2 N–H and O–H groups in total. The van der Waals surface area contributed by atoms with Crippen molar-refractivity contribution in [2.45, 2.75) is 18.9 Å². The summed E-state index contributed by atoms with van der Waals surface area (Å²) in [6, 6.07) is 4.27. The molecular formula is C21H20Cl2FN5O2. The lowest BCUT2D eigenvalue weighted by Gasteiger charge is -2.28. The van der Waals surface area contributed by atoms with Crippen LogP contribution in [0.3, 0.4) is 0 Å². The summed E-state index contributed by atoms with van der Waals surface area (Å²) in [6.45, 7) is 2.01. The molecule has 0 unspecified atom stereocenters. The van der Waals surface area contributed by atoms with Gasteiger partial charge in [-0.25, -0.2) is 4.39 Å². The number of amides is 1. The van der Waals surface area contributed by atoms with Crippen LogP contribution < -0.4 is 5.32 Å². The minimum absolute atomic E-state index is 0.0552. The molecule has 1 fully saturated rings. The molecule has 31 heavy (non-hydrogen) atoms. The van der Waals surface area contributed by atoms with Crippen LogP contribution in [0.25, 0.3) is 0 Å². The van der Waals surface area contributed by atoms with Gasteiger partial charge in [-0.15, -0.1) is 0 Å². The number of nitrogens with one attached hydrogen (secondary N) is 2. The third-order valence-electron chi connectivity index (χ3n) is 5.38. The van der Waals surface area contributed by atoms with Crippen LogP contribution in [0.15, 0.2) is 36.8 Å². The second-order valence-corrected chi connectivity index (χ2v) is 8.36. The number of hydrogen-bond donors (Lipinski definition) is 2. The first kappa shape index (κ1) is 21.5. The summed E-state index contributed by atoms with van der Waals surface area (Å²) in [7, 11) is 2.09. The summed E-state index contributed by atoms with van der Waals surface area (Å²) >= 11 is 11.7. The first-order valence-corrected chi connectivity index (χ1v) is 10.5. The quantitative estimate of drug-likeness (QED) is 0.433. The van der Waals surface area contributed by atoms with Gasteiger partial charge in [0.15, 0.2) is 11.6 Å². The standard InChI is InChI=1S/C21H20Cl2FN5O2/c1-28-6-4-14(5-7-28)29-11-13(10-26-29)27-21(31)17-8-12(9-25-17)20(30)18-15(22)2-3-16(23)19(18)24/h2-3,8-11,14,25H,4-7H2,1H3,(H,27,31). The molecule has 1 amide bonds. The summed E-state index contributed by atoms with van der Waals surface area (Å²) in [5, 5.41) is 6.86. The Morgan fingerprint density at radius 1 is 1.23 bits per heavy atom. The molecule has 1 aliphatic heterocycles. The van der Waals surface area contributed by atoms with Crippen molar-refractivity contribution in [3.63, 3.8) is 0 Å². The van der Waals surface area contributed by atoms with Gasteiger partial charge in [0.25, 0.3) is 5.91 Å². The van der Waals surface area contributed by atoms with Gasteiger partial charge >= 0.3 is 0 Å². The molecule has 0 aliphatic carbocycles. The highest BCUT2D eigenvalue weighted by molar-refractivity contribution is 6.37. The lowest BCUT2D eigenvalue weighted by Crippen LogP contribution is -2.31. The number of rotatable bonds is 5. The Morgan fingerprint density at radius 2 is 1.94 bits per heavy atom. The van der Waals surface area contributed by atoms with Crippen molar-refractivity contribution >= 4 is 40.6 Å². The van der Waals surface area contributed by atoms with Crippen LogP contribution in [0.1, 0.15) is 45.3 Å². The molecule has 7 nitrogen and oxygen atoms in total. The van der Waals surface area contributed by atoms with Crippen LogP contribution >= 0.6 is 23.2 Å². The molecule has 0 saturated carbocycles. The number of benzene rings is 1. The van der Waals surface area contributed by atoms with Crippen LogP contribution in [0, 0.1) is 5.82 Å². The lowest BCUT2D eigenvalue weighted by atomic mass is 10.0. The molecular weight excluding hydrogens is 444 g/mol. The number of hydrogen-bond acceptors (Lipinski definition) is 4.